The molecule has 0 aliphatic carbocycles. The van der Waals surface area contributed by atoms with Crippen LogP contribution in [0.25, 0.3) is 10.4 Å². The van der Waals surface area contributed by atoms with E-state index in [4.69, 9.17) is 0 Å². The minimum absolute atomic E-state index is 0.314. The smallest absolute Gasteiger partial charge is 0.166 e. The van der Waals surface area contributed by atoms with Crippen LogP contribution >= 0.6 is 11.3 Å². The second kappa shape index (κ2) is 8.00. The molecular weight excluding hydrogens is 317 g/mol. The summed E-state index contributed by atoms with van der Waals surface area (Å²) in [5, 5.41) is 1.95. The van der Waals surface area contributed by atoms with Gasteiger partial charge in [0.05, 0.1) is 5.56 Å². The maximum atomic E-state index is 13.3. The monoisotopic (exact) mass is 340 g/mol. The molecule has 126 valence electrons. The molecule has 0 aliphatic rings. The molecule has 1 atom stereocenters. The number of hydrogen-bond donors (Lipinski definition) is 0. The SMILES string of the molecule is CCCCC(CC)Cc1cc(-c2cccs2)ccc1C(F)(F)F. The zero-order chi connectivity index (χ0) is 16.9. The molecule has 0 spiro atoms. The number of halogens is 3. The molecular formula is C19H23F3S. The van der Waals surface area contributed by atoms with E-state index >= 15 is 0 Å². The largest absolute Gasteiger partial charge is 0.416 e. The van der Waals surface area contributed by atoms with E-state index in [0.717, 1.165) is 36.1 Å². The third-order valence-corrected chi connectivity index (χ3v) is 5.19. The number of benzene rings is 1. The predicted octanol–water partition coefficient (Wildman–Crippen LogP) is 7.19. The van der Waals surface area contributed by atoms with Crippen LogP contribution in [0.4, 0.5) is 13.2 Å². The lowest BCUT2D eigenvalue weighted by atomic mass is 9.89. The summed E-state index contributed by atoms with van der Waals surface area (Å²) in [7, 11) is 0. The van der Waals surface area contributed by atoms with Crippen molar-refractivity contribution in [3.8, 4) is 10.4 Å². The van der Waals surface area contributed by atoms with Crippen molar-refractivity contribution in [2.24, 2.45) is 5.92 Å². The van der Waals surface area contributed by atoms with Crippen LogP contribution in [-0.4, -0.2) is 0 Å². The standard InChI is InChI=1S/C19H23F3S/c1-3-5-7-14(4-2)12-16-13-15(18-8-6-11-23-18)9-10-17(16)19(20,21)22/h6,8-11,13-14H,3-5,7,12H2,1-2H3. The first-order valence-electron chi connectivity index (χ1n) is 8.19. The number of hydrogen-bond acceptors (Lipinski definition) is 1. The number of thiophene rings is 1. The molecule has 0 nitrogen and oxygen atoms in total. The summed E-state index contributed by atoms with van der Waals surface area (Å²) in [6.07, 6.45) is 0.285. The first-order chi connectivity index (χ1) is 11.0. The lowest BCUT2D eigenvalue weighted by Crippen LogP contribution is -2.13. The Bertz CT molecular complexity index is 600. The van der Waals surface area contributed by atoms with Gasteiger partial charge in [0.15, 0.2) is 0 Å². The van der Waals surface area contributed by atoms with E-state index in [1.807, 2.05) is 17.5 Å². The van der Waals surface area contributed by atoms with Crippen LogP contribution in [-0.2, 0) is 12.6 Å². The van der Waals surface area contributed by atoms with Crippen LogP contribution in [0.2, 0.25) is 0 Å². The number of alkyl halides is 3. The predicted molar refractivity (Wildman–Crippen MR) is 91.8 cm³/mol. The Morgan fingerprint density at radius 1 is 1.13 bits per heavy atom. The Balaban J connectivity index is 2.34. The summed E-state index contributed by atoms with van der Waals surface area (Å²) >= 11 is 1.56. The van der Waals surface area contributed by atoms with E-state index in [2.05, 4.69) is 13.8 Å². The van der Waals surface area contributed by atoms with Crippen LogP contribution in [0.5, 0.6) is 0 Å². The summed E-state index contributed by atoms with van der Waals surface area (Å²) in [5.74, 6) is 0.314. The van der Waals surface area contributed by atoms with Crippen molar-refractivity contribution in [2.75, 3.05) is 0 Å². The van der Waals surface area contributed by atoms with Gasteiger partial charge in [0.25, 0.3) is 0 Å². The Morgan fingerprint density at radius 2 is 1.91 bits per heavy atom. The molecule has 4 heteroatoms. The Morgan fingerprint density at radius 3 is 2.48 bits per heavy atom. The summed E-state index contributed by atoms with van der Waals surface area (Å²) in [6, 6.07) is 8.45. The van der Waals surface area contributed by atoms with Crippen molar-refractivity contribution in [3.05, 3.63) is 46.8 Å². The van der Waals surface area contributed by atoms with Gasteiger partial charge in [-0.25, -0.2) is 0 Å². The normalized spacial score (nSPS) is 13.3. The molecule has 0 saturated carbocycles. The van der Waals surface area contributed by atoms with E-state index in [1.165, 1.54) is 6.07 Å². The highest BCUT2D eigenvalue weighted by Crippen LogP contribution is 2.37. The fourth-order valence-electron chi connectivity index (χ4n) is 2.89. The first kappa shape index (κ1) is 18.1. The molecule has 1 heterocycles. The topological polar surface area (TPSA) is 0 Å². The maximum Gasteiger partial charge on any atom is 0.416 e. The molecule has 2 aromatic rings. The van der Waals surface area contributed by atoms with Gasteiger partial charge in [-0.2, -0.15) is 13.2 Å². The second-order valence-corrected chi connectivity index (χ2v) is 6.92. The van der Waals surface area contributed by atoms with Gasteiger partial charge in [0, 0.05) is 4.88 Å². The van der Waals surface area contributed by atoms with Crippen LogP contribution in [0.15, 0.2) is 35.7 Å². The summed E-state index contributed by atoms with van der Waals surface area (Å²) in [6.45, 7) is 4.18. The molecule has 0 radical (unpaired) electrons. The van der Waals surface area contributed by atoms with E-state index in [0.29, 0.717) is 17.9 Å². The van der Waals surface area contributed by atoms with Gasteiger partial charge >= 0.3 is 6.18 Å². The van der Waals surface area contributed by atoms with Crippen molar-refractivity contribution >= 4 is 11.3 Å². The quantitative estimate of drug-likeness (QED) is 0.500. The summed E-state index contributed by atoms with van der Waals surface area (Å²) in [4.78, 5) is 1.02. The molecule has 23 heavy (non-hydrogen) atoms. The molecule has 0 amide bonds. The second-order valence-electron chi connectivity index (χ2n) is 5.97. The van der Waals surface area contributed by atoms with Gasteiger partial charge in [-0.15, -0.1) is 11.3 Å². The maximum absolute atomic E-state index is 13.3. The number of rotatable bonds is 7. The summed E-state index contributed by atoms with van der Waals surface area (Å²) in [5.41, 5.74) is 0.840. The van der Waals surface area contributed by atoms with Crippen molar-refractivity contribution in [1.82, 2.24) is 0 Å². The molecule has 0 saturated heterocycles. The van der Waals surface area contributed by atoms with E-state index in [9.17, 15) is 13.2 Å². The number of unbranched alkanes of at least 4 members (excludes halogenated alkanes) is 1. The molecule has 1 aromatic carbocycles. The molecule has 0 N–H and O–H groups in total. The zero-order valence-corrected chi connectivity index (χ0v) is 14.4. The van der Waals surface area contributed by atoms with E-state index in [1.54, 1.807) is 23.5 Å². The fraction of sp³-hybridized carbons (Fsp3) is 0.474. The first-order valence-corrected chi connectivity index (χ1v) is 9.07. The minimum Gasteiger partial charge on any atom is -0.166 e. The fourth-order valence-corrected chi connectivity index (χ4v) is 3.61. The van der Waals surface area contributed by atoms with Gasteiger partial charge in [0.2, 0.25) is 0 Å². The lowest BCUT2D eigenvalue weighted by molar-refractivity contribution is -0.138. The van der Waals surface area contributed by atoms with Gasteiger partial charge < -0.3 is 0 Å². The third-order valence-electron chi connectivity index (χ3n) is 4.27. The lowest BCUT2D eigenvalue weighted by Gasteiger charge is -2.19. The summed E-state index contributed by atoms with van der Waals surface area (Å²) < 4.78 is 40.0. The highest BCUT2D eigenvalue weighted by atomic mass is 32.1. The third kappa shape index (κ3) is 4.84. The van der Waals surface area contributed by atoms with E-state index < -0.39 is 11.7 Å². The Labute approximate surface area is 140 Å². The molecule has 2 rings (SSSR count). The van der Waals surface area contributed by atoms with Gasteiger partial charge in [-0.05, 0) is 47.0 Å². The van der Waals surface area contributed by atoms with Gasteiger partial charge in [0.1, 0.15) is 0 Å². The van der Waals surface area contributed by atoms with Crippen LogP contribution in [0, 0.1) is 5.92 Å². The molecule has 0 bridgehead atoms. The molecule has 0 aliphatic heterocycles. The highest BCUT2D eigenvalue weighted by Gasteiger charge is 2.33. The van der Waals surface area contributed by atoms with Crippen molar-refractivity contribution in [1.29, 1.82) is 0 Å². The van der Waals surface area contributed by atoms with Gasteiger partial charge in [-0.3, -0.25) is 0 Å². The average molecular weight is 340 g/mol. The van der Waals surface area contributed by atoms with Crippen LogP contribution in [0.3, 0.4) is 0 Å². The molecule has 1 unspecified atom stereocenters. The van der Waals surface area contributed by atoms with Crippen LogP contribution in [0.1, 0.15) is 50.7 Å². The van der Waals surface area contributed by atoms with Crippen molar-refractivity contribution < 1.29 is 13.2 Å². The molecule has 1 aromatic heterocycles. The Hall–Kier alpha value is -1.29. The zero-order valence-electron chi connectivity index (χ0n) is 13.6. The van der Waals surface area contributed by atoms with Crippen LogP contribution < -0.4 is 0 Å². The van der Waals surface area contributed by atoms with Crippen molar-refractivity contribution in [2.45, 2.75) is 52.1 Å². The van der Waals surface area contributed by atoms with Crippen molar-refractivity contribution in [3.63, 3.8) is 0 Å². The highest BCUT2D eigenvalue weighted by molar-refractivity contribution is 7.13. The van der Waals surface area contributed by atoms with E-state index in [-0.39, 0.29) is 0 Å². The molecule has 0 fully saturated rings. The Kier molecular flexibility index (Phi) is 6.28. The average Bonchev–Trinajstić information content (AvgIpc) is 3.04. The minimum atomic E-state index is -4.29. The van der Waals surface area contributed by atoms with Gasteiger partial charge in [-0.1, -0.05) is 51.7 Å².